The number of epoxide rings is 1. The number of alkyl halides is 2. The second-order valence-electron chi connectivity index (χ2n) is 2.14. The van der Waals surface area contributed by atoms with Crippen LogP contribution in [0.25, 0.3) is 0 Å². The van der Waals surface area contributed by atoms with Crippen molar-refractivity contribution in [2.45, 2.75) is 12.2 Å². The van der Waals surface area contributed by atoms with Crippen LogP contribution in [0, 0.1) is 0 Å². The van der Waals surface area contributed by atoms with E-state index in [1.165, 1.54) is 0 Å². The molecule has 0 aromatic carbocycles. The summed E-state index contributed by atoms with van der Waals surface area (Å²) in [7, 11) is 0. The molecule has 1 N–H and O–H groups in total. The van der Waals surface area contributed by atoms with Crippen LogP contribution in [0.4, 0.5) is 8.78 Å². The lowest BCUT2D eigenvalue weighted by Crippen LogP contribution is -2.23. The summed E-state index contributed by atoms with van der Waals surface area (Å²) >= 11 is 0. The van der Waals surface area contributed by atoms with Crippen molar-refractivity contribution in [1.29, 1.82) is 0 Å². The maximum Gasteiger partial charge on any atom is 0.376 e. The molecule has 1 heterocycles. The van der Waals surface area contributed by atoms with Gasteiger partial charge < -0.3 is 14.6 Å². The first-order valence-electron chi connectivity index (χ1n) is 2.87. The molecular weight excluding hydrogens is 146 g/mol. The molecule has 0 radical (unpaired) electrons. The van der Waals surface area contributed by atoms with E-state index in [9.17, 15) is 8.78 Å². The summed E-state index contributed by atoms with van der Waals surface area (Å²) in [6.07, 6.45) is -3.75. The van der Waals surface area contributed by atoms with Gasteiger partial charge in [0.25, 0.3) is 0 Å². The molecule has 5 heteroatoms. The highest BCUT2D eigenvalue weighted by Crippen LogP contribution is 2.12. The quantitative estimate of drug-likeness (QED) is 0.579. The lowest BCUT2D eigenvalue weighted by atomic mass is 10.5. The van der Waals surface area contributed by atoms with Gasteiger partial charge in [-0.25, -0.2) is 0 Å². The molecule has 1 rings (SSSR count). The second-order valence-corrected chi connectivity index (χ2v) is 2.14. The summed E-state index contributed by atoms with van der Waals surface area (Å²) in [6.45, 7) is -0.250. The molecule has 0 aromatic rings. The van der Waals surface area contributed by atoms with Gasteiger partial charge in [-0.05, 0) is 0 Å². The topological polar surface area (TPSA) is 42.0 Å². The maximum atomic E-state index is 11.6. The summed E-state index contributed by atoms with van der Waals surface area (Å²) in [6, 6.07) is 0. The predicted octanol–water partition coefficient (Wildman–Crippen LogP) is -0.0131. The lowest BCUT2D eigenvalue weighted by Gasteiger charge is -2.07. The van der Waals surface area contributed by atoms with Crippen molar-refractivity contribution in [2.75, 3.05) is 19.8 Å². The summed E-state index contributed by atoms with van der Waals surface area (Å²) in [5.74, 6) is 0. The van der Waals surface area contributed by atoms with Crippen LogP contribution in [0.5, 0.6) is 0 Å². The van der Waals surface area contributed by atoms with Gasteiger partial charge in [0.05, 0.1) is 13.2 Å². The zero-order valence-electron chi connectivity index (χ0n) is 5.22. The van der Waals surface area contributed by atoms with Crippen molar-refractivity contribution < 1.29 is 23.4 Å². The Morgan fingerprint density at radius 2 is 2.30 bits per heavy atom. The smallest absolute Gasteiger partial charge is 0.371 e. The van der Waals surface area contributed by atoms with Gasteiger partial charge >= 0.3 is 6.11 Å². The Balaban J connectivity index is 1.93. The van der Waals surface area contributed by atoms with E-state index in [4.69, 9.17) is 5.11 Å². The molecule has 1 saturated heterocycles. The van der Waals surface area contributed by atoms with Gasteiger partial charge in [0.15, 0.2) is 0 Å². The van der Waals surface area contributed by atoms with E-state index in [1.54, 1.807) is 0 Å². The molecule has 0 spiro atoms. The fourth-order valence-electron chi connectivity index (χ4n) is 0.477. The zero-order chi connectivity index (χ0) is 7.61. The first kappa shape index (κ1) is 7.84. The minimum Gasteiger partial charge on any atom is -0.371 e. The molecule has 1 aliphatic rings. The molecule has 60 valence electrons. The molecule has 0 aliphatic carbocycles. The van der Waals surface area contributed by atoms with Crippen molar-refractivity contribution in [3.05, 3.63) is 0 Å². The van der Waals surface area contributed by atoms with Crippen molar-refractivity contribution >= 4 is 0 Å². The monoisotopic (exact) mass is 154 g/mol. The third kappa shape index (κ3) is 3.71. The number of halogens is 2. The largest absolute Gasteiger partial charge is 0.376 e. The summed E-state index contributed by atoms with van der Waals surface area (Å²) < 4.78 is 32.2. The van der Waals surface area contributed by atoms with Crippen molar-refractivity contribution in [3.8, 4) is 0 Å². The number of aliphatic hydroxyl groups is 1. The molecule has 1 unspecified atom stereocenters. The third-order valence-electron chi connectivity index (χ3n) is 0.982. The van der Waals surface area contributed by atoms with Crippen molar-refractivity contribution in [2.24, 2.45) is 0 Å². The normalized spacial score (nSPS) is 24.9. The van der Waals surface area contributed by atoms with Crippen LogP contribution in [0.1, 0.15) is 0 Å². The number of hydrogen-bond donors (Lipinski definition) is 1. The van der Waals surface area contributed by atoms with Crippen LogP contribution in [0.2, 0.25) is 0 Å². The zero-order valence-corrected chi connectivity index (χ0v) is 5.22. The molecule has 0 bridgehead atoms. The van der Waals surface area contributed by atoms with Gasteiger partial charge in [0, 0.05) is 0 Å². The minimum atomic E-state index is -3.71. The Labute approximate surface area is 56.5 Å². The number of ether oxygens (including phenoxy) is 2. The Morgan fingerprint density at radius 3 is 2.70 bits per heavy atom. The van der Waals surface area contributed by atoms with Crippen LogP contribution in [0.3, 0.4) is 0 Å². The summed E-state index contributed by atoms with van der Waals surface area (Å²) in [4.78, 5) is 0. The molecule has 1 atom stereocenters. The van der Waals surface area contributed by atoms with Gasteiger partial charge in [-0.15, -0.1) is 0 Å². The molecular formula is C5H8F2O3. The van der Waals surface area contributed by atoms with E-state index in [2.05, 4.69) is 9.47 Å². The molecule has 3 nitrogen and oxygen atoms in total. The fourth-order valence-corrected chi connectivity index (χ4v) is 0.477. The third-order valence-corrected chi connectivity index (χ3v) is 0.982. The molecule has 0 saturated carbocycles. The molecule has 1 aliphatic heterocycles. The van der Waals surface area contributed by atoms with E-state index in [0.29, 0.717) is 6.61 Å². The number of hydrogen-bond acceptors (Lipinski definition) is 3. The summed E-state index contributed by atoms with van der Waals surface area (Å²) in [5.41, 5.74) is 0. The van der Waals surface area contributed by atoms with Crippen LogP contribution < -0.4 is 0 Å². The predicted molar refractivity (Wildman–Crippen MR) is 27.7 cm³/mol. The summed E-state index contributed by atoms with van der Waals surface area (Å²) in [5, 5.41) is 7.85. The Bertz CT molecular complexity index is 108. The van der Waals surface area contributed by atoms with Crippen LogP contribution >= 0.6 is 0 Å². The number of rotatable bonds is 4. The van der Waals surface area contributed by atoms with Crippen molar-refractivity contribution in [1.82, 2.24) is 0 Å². The highest BCUT2D eigenvalue weighted by atomic mass is 19.3. The maximum absolute atomic E-state index is 11.6. The Kier molecular flexibility index (Phi) is 2.18. The standard InChI is InChI=1S/C5H8F2O3/c6-5(7,8)3-9-1-4-2-10-4/h4,8H,1-3H2. The SMILES string of the molecule is OC(F)(F)COCC1CO1. The average molecular weight is 154 g/mol. The van der Waals surface area contributed by atoms with E-state index in [0.717, 1.165) is 0 Å². The van der Waals surface area contributed by atoms with Gasteiger partial charge in [-0.3, -0.25) is 0 Å². The molecule has 1 fully saturated rings. The fraction of sp³-hybridized carbons (Fsp3) is 1.00. The Hall–Kier alpha value is -0.260. The van der Waals surface area contributed by atoms with E-state index in [1.807, 2.05) is 0 Å². The van der Waals surface area contributed by atoms with Gasteiger partial charge in [0.1, 0.15) is 12.7 Å². The average Bonchev–Trinajstić information content (AvgIpc) is 2.45. The van der Waals surface area contributed by atoms with Gasteiger partial charge in [-0.2, -0.15) is 8.78 Å². The van der Waals surface area contributed by atoms with Crippen LogP contribution in [0.15, 0.2) is 0 Å². The highest BCUT2D eigenvalue weighted by molar-refractivity contribution is 4.67. The van der Waals surface area contributed by atoms with E-state index < -0.39 is 12.7 Å². The van der Waals surface area contributed by atoms with Gasteiger partial charge in [-0.1, -0.05) is 0 Å². The Morgan fingerprint density at radius 1 is 1.70 bits per heavy atom. The molecule has 0 aromatic heterocycles. The van der Waals surface area contributed by atoms with Crippen LogP contribution in [-0.2, 0) is 9.47 Å². The highest BCUT2D eigenvalue weighted by Gasteiger charge is 2.28. The lowest BCUT2D eigenvalue weighted by molar-refractivity contribution is -0.231. The van der Waals surface area contributed by atoms with E-state index >= 15 is 0 Å². The van der Waals surface area contributed by atoms with Gasteiger partial charge in [0.2, 0.25) is 0 Å². The second kappa shape index (κ2) is 2.77. The minimum absolute atomic E-state index is 0.0395. The molecule has 10 heavy (non-hydrogen) atoms. The van der Waals surface area contributed by atoms with E-state index in [-0.39, 0.29) is 12.7 Å². The van der Waals surface area contributed by atoms with Crippen LogP contribution in [-0.4, -0.2) is 37.1 Å². The van der Waals surface area contributed by atoms with Crippen molar-refractivity contribution in [3.63, 3.8) is 0 Å². The first-order chi connectivity index (χ1) is 4.58. The molecule has 0 amide bonds. The first-order valence-corrected chi connectivity index (χ1v) is 2.87.